The van der Waals surface area contributed by atoms with Gasteiger partial charge in [-0.1, -0.05) is 0 Å². The van der Waals surface area contributed by atoms with Crippen molar-refractivity contribution >= 4 is 22.4 Å². The van der Waals surface area contributed by atoms with Crippen molar-refractivity contribution in [2.24, 2.45) is 0 Å². The third-order valence-electron chi connectivity index (χ3n) is 1.88. The van der Waals surface area contributed by atoms with Crippen molar-refractivity contribution in [1.29, 1.82) is 5.26 Å². The van der Waals surface area contributed by atoms with E-state index in [-0.39, 0.29) is 15.9 Å². The molecule has 0 N–H and O–H groups in total. The molecule has 1 aromatic heterocycles. The largest absolute Gasteiger partial charge is 0.423 e. The van der Waals surface area contributed by atoms with Crippen LogP contribution in [0, 0.1) is 21.4 Å². The SMILES string of the molecule is N#CC1CN1C(=O)c1cnc([N+](=O)[O-])s1. The molecule has 8 heteroatoms. The molecule has 1 aliphatic rings. The van der Waals surface area contributed by atoms with Crippen molar-refractivity contribution < 1.29 is 9.72 Å². The molecule has 76 valence electrons. The van der Waals surface area contributed by atoms with Gasteiger partial charge in [0.25, 0.3) is 5.91 Å². The lowest BCUT2D eigenvalue weighted by molar-refractivity contribution is -0.384. The molecule has 0 aliphatic carbocycles. The van der Waals surface area contributed by atoms with Crippen LogP contribution in [0.4, 0.5) is 5.13 Å². The van der Waals surface area contributed by atoms with Gasteiger partial charge in [0, 0.05) is 0 Å². The van der Waals surface area contributed by atoms with E-state index in [2.05, 4.69) is 4.98 Å². The number of thiazole rings is 1. The molecule has 0 saturated carbocycles. The van der Waals surface area contributed by atoms with Crippen LogP contribution in [0.3, 0.4) is 0 Å². The Balaban J connectivity index is 2.14. The minimum atomic E-state index is -0.647. The van der Waals surface area contributed by atoms with Crippen LogP contribution >= 0.6 is 11.3 Å². The summed E-state index contributed by atoms with van der Waals surface area (Å²) in [5, 5.41) is 18.5. The molecular formula is C7H4N4O3S. The highest BCUT2D eigenvalue weighted by Crippen LogP contribution is 2.26. The van der Waals surface area contributed by atoms with Gasteiger partial charge in [-0.15, -0.1) is 0 Å². The van der Waals surface area contributed by atoms with Gasteiger partial charge in [0.05, 0.1) is 12.6 Å². The Morgan fingerprint density at radius 1 is 1.87 bits per heavy atom. The minimum Gasteiger partial charge on any atom is -0.357 e. The smallest absolute Gasteiger partial charge is 0.357 e. The number of nitro groups is 1. The van der Waals surface area contributed by atoms with E-state index >= 15 is 0 Å². The van der Waals surface area contributed by atoms with E-state index in [9.17, 15) is 14.9 Å². The van der Waals surface area contributed by atoms with E-state index in [1.54, 1.807) is 0 Å². The third-order valence-corrected chi connectivity index (χ3v) is 2.82. The second-order valence-corrected chi connectivity index (χ2v) is 3.88. The summed E-state index contributed by atoms with van der Waals surface area (Å²) in [6.07, 6.45) is 1.16. The van der Waals surface area contributed by atoms with Crippen LogP contribution < -0.4 is 0 Å². The van der Waals surface area contributed by atoms with Crippen LogP contribution in [-0.4, -0.2) is 33.3 Å². The minimum absolute atomic E-state index is 0.194. The van der Waals surface area contributed by atoms with Crippen molar-refractivity contribution in [3.05, 3.63) is 21.2 Å². The first-order valence-corrected chi connectivity index (χ1v) is 4.76. The Labute approximate surface area is 87.7 Å². The van der Waals surface area contributed by atoms with Gasteiger partial charge >= 0.3 is 5.13 Å². The number of carbonyl (C=O) groups excluding carboxylic acids is 1. The predicted molar refractivity (Wildman–Crippen MR) is 49.2 cm³/mol. The van der Waals surface area contributed by atoms with E-state index in [0.29, 0.717) is 6.54 Å². The van der Waals surface area contributed by atoms with Crippen molar-refractivity contribution in [1.82, 2.24) is 9.88 Å². The van der Waals surface area contributed by atoms with E-state index in [1.807, 2.05) is 6.07 Å². The lowest BCUT2D eigenvalue weighted by Crippen LogP contribution is -2.11. The highest BCUT2D eigenvalue weighted by Gasteiger charge is 2.40. The van der Waals surface area contributed by atoms with Crippen molar-refractivity contribution in [3.8, 4) is 6.07 Å². The van der Waals surface area contributed by atoms with E-state index < -0.39 is 11.0 Å². The molecule has 2 heterocycles. The summed E-state index contributed by atoms with van der Waals surface area (Å²) in [6, 6.07) is 1.53. The monoisotopic (exact) mass is 224 g/mol. The first-order chi connectivity index (χ1) is 7.13. The summed E-state index contributed by atoms with van der Waals surface area (Å²) >= 11 is 0.719. The fourth-order valence-electron chi connectivity index (χ4n) is 1.06. The molecule has 0 bridgehead atoms. The molecule has 15 heavy (non-hydrogen) atoms. The summed E-state index contributed by atoms with van der Waals surface area (Å²) in [4.78, 5) is 26.2. The quantitative estimate of drug-likeness (QED) is 0.411. The summed E-state index contributed by atoms with van der Waals surface area (Å²) in [6.45, 7) is 0.390. The predicted octanol–water partition coefficient (Wildman–Crippen LogP) is 0.399. The highest BCUT2D eigenvalue weighted by molar-refractivity contribution is 7.16. The van der Waals surface area contributed by atoms with Gasteiger partial charge in [0.1, 0.15) is 10.9 Å². The highest BCUT2D eigenvalue weighted by atomic mass is 32.1. The fraction of sp³-hybridized carbons (Fsp3) is 0.286. The van der Waals surface area contributed by atoms with Crippen molar-refractivity contribution in [2.75, 3.05) is 6.54 Å². The Hall–Kier alpha value is -2.01. The summed E-state index contributed by atoms with van der Waals surface area (Å²) in [7, 11) is 0. The van der Waals surface area contributed by atoms with Crippen LogP contribution in [-0.2, 0) is 0 Å². The number of hydrogen-bond donors (Lipinski definition) is 0. The molecule has 7 nitrogen and oxygen atoms in total. The second-order valence-electron chi connectivity index (χ2n) is 2.87. The molecule has 0 aromatic carbocycles. The summed E-state index contributed by atoms with van der Waals surface area (Å²) in [5.74, 6) is -0.368. The maximum absolute atomic E-state index is 11.5. The average Bonchev–Trinajstić information content (AvgIpc) is 2.83. The van der Waals surface area contributed by atoms with Gasteiger partial charge in [-0.25, -0.2) is 0 Å². The Kier molecular flexibility index (Phi) is 2.09. The third kappa shape index (κ3) is 1.64. The maximum Gasteiger partial charge on any atom is 0.423 e. The summed E-state index contributed by atoms with van der Waals surface area (Å²) in [5.41, 5.74) is 0. The standard InChI is InChI=1S/C7H4N4O3S/c8-1-4-3-10(4)6(12)5-2-9-7(15-5)11(13)14/h2,4H,3H2. The molecule has 1 atom stereocenters. The number of amides is 1. The average molecular weight is 224 g/mol. The van der Waals surface area contributed by atoms with Crippen LogP contribution in [0.25, 0.3) is 0 Å². The molecule has 2 rings (SSSR count). The second kappa shape index (κ2) is 3.29. The van der Waals surface area contributed by atoms with Crippen LogP contribution in [0.2, 0.25) is 0 Å². The number of aromatic nitrogens is 1. The molecule has 1 amide bonds. The number of nitriles is 1. The lowest BCUT2D eigenvalue weighted by atomic mass is 10.5. The Bertz CT molecular complexity index is 477. The van der Waals surface area contributed by atoms with Gasteiger partial charge < -0.3 is 15.0 Å². The molecule has 1 fully saturated rings. The van der Waals surface area contributed by atoms with E-state index in [1.165, 1.54) is 4.90 Å². The maximum atomic E-state index is 11.5. The Morgan fingerprint density at radius 3 is 3.07 bits per heavy atom. The van der Waals surface area contributed by atoms with Crippen LogP contribution in [0.5, 0.6) is 0 Å². The zero-order valence-corrected chi connectivity index (χ0v) is 8.10. The fourth-order valence-corrected chi connectivity index (χ4v) is 1.75. The number of rotatable bonds is 2. The lowest BCUT2D eigenvalue weighted by Gasteiger charge is -1.94. The molecular weight excluding hydrogens is 220 g/mol. The van der Waals surface area contributed by atoms with Gasteiger partial charge in [-0.3, -0.25) is 4.79 Å². The zero-order chi connectivity index (χ0) is 11.0. The first kappa shape index (κ1) is 9.54. The first-order valence-electron chi connectivity index (χ1n) is 3.94. The Morgan fingerprint density at radius 2 is 2.60 bits per heavy atom. The van der Waals surface area contributed by atoms with Gasteiger partial charge in [0.15, 0.2) is 6.20 Å². The van der Waals surface area contributed by atoms with Gasteiger partial charge in [-0.05, 0) is 21.2 Å². The van der Waals surface area contributed by atoms with Crippen molar-refractivity contribution in [2.45, 2.75) is 6.04 Å². The molecule has 0 radical (unpaired) electrons. The molecule has 1 unspecified atom stereocenters. The number of nitrogens with zero attached hydrogens (tertiary/aromatic N) is 4. The van der Waals surface area contributed by atoms with Crippen molar-refractivity contribution in [3.63, 3.8) is 0 Å². The van der Waals surface area contributed by atoms with Gasteiger partial charge in [0.2, 0.25) is 0 Å². The van der Waals surface area contributed by atoms with E-state index in [0.717, 1.165) is 17.5 Å². The zero-order valence-electron chi connectivity index (χ0n) is 7.28. The normalized spacial score (nSPS) is 18.3. The molecule has 1 saturated heterocycles. The van der Waals surface area contributed by atoms with Crippen LogP contribution in [0.1, 0.15) is 9.67 Å². The molecule has 0 spiro atoms. The van der Waals surface area contributed by atoms with Crippen LogP contribution in [0.15, 0.2) is 6.20 Å². The number of carbonyl (C=O) groups is 1. The summed E-state index contributed by atoms with van der Waals surface area (Å²) < 4.78 is 0. The molecule has 1 aromatic rings. The number of hydrogen-bond acceptors (Lipinski definition) is 6. The molecule has 1 aliphatic heterocycles. The topological polar surface area (TPSA) is 99.9 Å². The van der Waals surface area contributed by atoms with E-state index in [4.69, 9.17) is 5.26 Å². The van der Waals surface area contributed by atoms with Gasteiger partial charge in [-0.2, -0.15) is 5.26 Å².